The van der Waals surface area contributed by atoms with Crippen molar-refractivity contribution in [1.82, 2.24) is 4.90 Å². The first kappa shape index (κ1) is 29.2. The fraction of sp³-hybridized carbons (Fsp3) is 0.471. The number of esters is 1. The number of rotatable bonds is 11. The van der Waals surface area contributed by atoms with E-state index in [1.807, 2.05) is 32.0 Å². The van der Waals surface area contributed by atoms with Gasteiger partial charge in [0.15, 0.2) is 5.60 Å². The monoisotopic (exact) mass is 574 g/mol. The van der Waals surface area contributed by atoms with Crippen molar-refractivity contribution in [3.63, 3.8) is 0 Å². The molecule has 5 rings (SSSR count). The summed E-state index contributed by atoms with van der Waals surface area (Å²) >= 11 is 1.74. The van der Waals surface area contributed by atoms with Crippen LogP contribution in [0.5, 0.6) is 5.75 Å². The van der Waals surface area contributed by atoms with E-state index in [0.29, 0.717) is 31.5 Å². The first-order valence-electron chi connectivity index (χ1n) is 14.8. The van der Waals surface area contributed by atoms with Crippen molar-refractivity contribution >= 4 is 28.9 Å². The van der Waals surface area contributed by atoms with Crippen molar-refractivity contribution in [2.45, 2.75) is 71.6 Å². The Hall–Kier alpha value is -3.32. The van der Waals surface area contributed by atoms with Gasteiger partial charge in [0.25, 0.3) is 0 Å². The van der Waals surface area contributed by atoms with Gasteiger partial charge in [-0.25, -0.2) is 4.79 Å². The molecule has 2 fully saturated rings. The predicted molar refractivity (Wildman–Crippen MR) is 165 cm³/mol. The van der Waals surface area contributed by atoms with Crippen LogP contribution in [0.3, 0.4) is 0 Å². The van der Waals surface area contributed by atoms with E-state index >= 15 is 0 Å². The number of amides is 1. The summed E-state index contributed by atoms with van der Waals surface area (Å²) in [7, 11) is 0. The Morgan fingerprint density at radius 1 is 1.05 bits per heavy atom. The lowest BCUT2D eigenvalue weighted by molar-refractivity contribution is -0.160. The average molecular weight is 575 g/mol. The molecule has 0 bridgehead atoms. The minimum Gasteiger partial charge on any atom is -0.476 e. The molecule has 41 heavy (non-hydrogen) atoms. The van der Waals surface area contributed by atoms with Crippen LogP contribution in [0.15, 0.2) is 66.0 Å². The van der Waals surface area contributed by atoms with Gasteiger partial charge in [0.1, 0.15) is 5.75 Å². The van der Waals surface area contributed by atoms with E-state index in [4.69, 9.17) is 9.47 Å². The molecule has 1 aromatic heterocycles. The van der Waals surface area contributed by atoms with Crippen molar-refractivity contribution < 1.29 is 19.1 Å². The fourth-order valence-electron chi connectivity index (χ4n) is 5.33. The van der Waals surface area contributed by atoms with Crippen LogP contribution in [0.2, 0.25) is 0 Å². The van der Waals surface area contributed by atoms with Crippen LogP contribution in [-0.4, -0.2) is 48.1 Å². The molecule has 1 amide bonds. The van der Waals surface area contributed by atoms with Crippen molar-refractivity contribution in [2.24, 2.45) is 11.8 Å². The standard InChI is InChI=1S/C34H42N2O4S/c1-24(2)23-39-33(38)34(3,4)40-30-10-5-9-29(20-30)35-18-6-8-27(22-35)32(37)36(28-16-17-28)21-25-12-14-26(15-13-25)31-11-7-19-41-31/h5,7,9-15,19-20,24,27-28H,6,8,16-18,21-23H2,1-4H3/t27-/m0/s1. The maximum Gasteiger partial charge on any atom is 0.349 e. The lowest BCUT2D eigenvalue weighted by Gasteiger charge is -2.36. The van der Waals surface area contributed by atoms with Gasteiger partial charge >= 0.3 is 5.97 Å². The minimum atomic E-state index is -1.10. The number of ether oxygens (including phenoxy) is 2. The number of hydrogen-bond donors (Lipinski definition) is 0. The van der Waals surface area contributed by atoms with E-state index < -0.39 is 5.60 Å². The Labute approximate surface area is 248 Å². The fourth-order valence-corrected chi connectivity index (χ4v) is 6.06. The Morgan fingerprint density at radius 3 is 2.51 bits per heavy atom. The summed E-state index contributed by atoms with van der Waals surface area (Å²) in [5.41, 5.74) is 2.31. The van der Waals surface area contributed by atoms with Crippen LogP contribution in [0.1, 0.15) is 58.9 Å². The Kier molecular flexibility index (Phi) is 9.03. The zero-order valence-electron chi connectivity index (χ0n) is 24.7. The van der Waals surface area contributed by atoms with Crippen molar-refractivity contribution in [3.8, 4) is 16.2 Å². The van der Waals surface area contributed by atoms with Gasteiger partial charge < -0.3 is 19.3 Å². The summed E-state index contributed by atoms with van der Waals surface area (Å²) in [6.07, 6.45) is 4.04. The van der Waals surface area contributed by atoms with Crippen LogP contribution in [-0.2, 0) is 20.9 Å². The molecule has 6 nitrogen and oxygen atoms in total. The number of hydrogen-bond acceptors (Lipinski definition) is 6. The minimum absolute atomic E-state index is 0.0400. The van der Waals surface area contributed by atoms with Crippen molar-refractivity contribution in [3.05, 3.63) is 71.6 Å². The van der Waals surface area contributed by atoms with Gasteiger partial charge in [0, 0.05) is 42.3 Å². The van der Waals surface area contributed by atoms with Crippen LogP contribution < -0.4 is 9.64 Å². The molecule has 2 aliphatic rings. The Balaban J connectivity index is 1.23. The summed E-state index contributed by atoms with van der Waals surface area (Å²) in [6, 6.07) is 21.1. The highest BCUT2D eigenvalue weighted by atomic mass is 32.1. The smallest absolute Gasteiger partial charge is 0.349 e. The zero-order chi connectivity index (χ0) is 29.0. The third kappa shape index (κ3) is 7.50. The molecule has 0 N–H and O–H groups in total. The Bertz CT molecular complexity index is 1310. The van der Waals surface area contributed by atoms with Crippen LogP contribution in [0, 0.1) is 11.8 Å². The van der Waals surface area contributed by atoms with Gasteiger partial charge in [0.2, 0.25) is 5.91 Å². The molecule has 1 saturated carbocycles. The maximum atomic E-state index is 13.9. The molecule has 7 heteroatoms. The highest BCUT2D eigenvalue weighted by Crippen LogP contribution is 2.34. The lowest BCUT2D eigenvalue weighted by Crippen LogP contribution is -2.45. The molecule has 2 heterocycles. The molecule has 2 aromatic carbocycles. The summed E-state index contributed by atoms with van der Waals surface area (Å²) < 4.78 is 11.5. The van der Waals surface area contributed by atoms with Gasteiger partial charge in [-0.1, -0.05) is 50.2 Å². The number of carbonyl (C=O) groups excluding carboxylic acids is 2. The molecule has 0 spiro atoms. The average Bonchev–Trinajstić information content (AvgIpc) is 3.66. The highest BCUT2D eigenvalue weighted by Gasteiger charge is 2.37. The second kappa shape index (κ2) is 12.7. The number of carbonyl (C=O) groups is 2. The number of benzene rings is 2. The molecule has 3 aromatic rings. The third-order valence-corrected chi connectivity index (χ3v) is 8.67. The second-order valence-electron chi connectivity index (χ2n) is 12.3. The molecular formula is C34H42N2O4S. The number of thiophene rings is 1. The predicted octanol–water partition coefficient (Wildman–Crippen LogP) is 7.18. The van der Waals surface area contributed by atoms with Gasteiger partial charge in [-0.3, -0.25) is 4.79 Å². The van der Waals surface area contributed by atoms with E-state index in [9.17, 15) is 9.59 Å². The first-order valence-corrected chi connectivity index (χ1v) is 15.7. The quantitative estimate of drug-likeness (QED) is 0.227. The summed E-state index contributed by atoms with van der Waals surface area (Å²) in [6.45, 7) is 10.1. The normalized spacial score (nSPS) is 17.4. The van der Waals surface area contributed by atoms with E-state index in [1.54, 1.807) is 25.2 Å². The largest absolute Gasteiger partial charge is 0.476 e. The molecule has 0 unspecified atom stereocenters. The molecule has 1 aliphatic carbocycles. The first-order chi connectivity index (χ1) is 19.7. The zero-order valence-corrected chi connectivity index (χ0v) is 25.5. The van der Waals surface area contributed by atoms with E-state index in [2.05, 4.69) is 57.6 Å². The van der Waals surface area contributed by atoms with Gasteiger partial charge in [-0.2, -0.15) is 0 Å². The summed E-state index contributed by atoms with van der Waals surface area (Å²) in [5, 5.41) is 2.10. The van der Waals surface area contributed by atoms with Gasteiger partial charge in [-0.05, 0) is 80.2 Å². The van der Waals surface area contributed by atoms with Crippen LogP contribution in [0.25, 0.3) is 10.4 Å². The summed E-state index contributed by atoms with van der Waals surface area (Å²) in [4.78, 5) is 32.2. The van der Waals surface area contributed by atoms with Crippen molar-refractivity contribution in [1.29, 1.82) is 0 Å². The molecule has 1 aliphatic heterocycles. The summed E-state index contributed by atoms with van der Waals surface area (Å²) in [5.74, 6) is 0.734. The Morgan fingerprint density at radius 2 is 1.83 bits per heavy atom. The van der Waals surface area contributed by atoms with Crippen LogP contribution >= 0.6 is 11.3 Å². The molecule has 218 valence electrons. The molecule has 1 saturated heterocycles. The molecular weight excluding hydrogens is 532 g/mol. The SMILES string of the molecule is CC(C)COC(=O)C(C)(C)Oc1cccc(N2CCC[C@H](C(=O)N(Cc3ccc(-c4cccs4)cc3)C3CC3)C2)c1. The topological polar surface area (TPSA) is 59.1 Å². The highest BCUT2D eigenvalue weighted by molar-refractivity contribution is 7.13. The lowest BCUT2D eigenvalue weighted by atomic mass is 9.95. The van der Waals surface area contributed by atoms with Crippen molar-refractivity contribution in [2.75, 3.05) is 24.6 Å². The third-order valence-electron chi connectivity index (χ3n) is 7.75. The number of anilines is 1. The molecule has 1 atom stereocenters. The van der Waals surface area contributed by atoms with Gasteiger partial charge in [-0.15, -0.1) is 11.3 Å². The second-order valence-corrected chi connectivity index (χ2v) is 13.2. The van der Waals surface area contributed by atoms with E-state index in [1.165, 1.54) is 16.0 Å². The van der Waals surface area contributed by atoms with Crippen LogP contribution in [0.4, 0.5) is 5.69 Å². The van der Waals surface area contributed by atoms with E-state index in [-0.39, 0.29) is 23.7 Å². The van der Waals surface area contributed by atoms with Gasteiger partial charge in [0.05, 0.1) is 12.5 Å². The maximum absolute atomic E-state index is 13.9. The van der Waals surface area contributed by atoms with E-state index in [0.717, 1.165) is 37.9 Å². The number of nitrogens with zero attached hydrogens (tertiary/aromatic N) is 2. The number of piperidine rings is 1. The molecule has 0 radical (unpaired) electrons.